The van der Waals surface area contributed by atoms with Crippen molar-refractivity contribution in [1.29, 1.82) is 0 Å². The third-order valence-electron chi connectivity index (χ3n) is 12.9. The number of allylic oxidation sites excluding steroid dienone is 1. The normalized spacial score (nSPS) is 20.4. The highest BCUT2D eigenvalue weighted by molar-refractivity contribution is 5.76. The third kappa shape index (κ3) is 33.1. The number of carbonyl (C=O) groups excluding carboxylic acids is 1. The van der Waals surface area contributed by atoms with Crippen molar-refractivity contribution in [3.8, 4) is 0 Å². The summed E-state index contributed by atoms with van der Waals surface area (Å²) in [4.78, 5) is 13.0. The van der Waals surface area contributed by atoms with Crippen LogP contribution < -0.4 is 5.32 Å². The lowest BCUT2D eigenvalue weighted by Crippen LogP contribution is -2.60. The molecule has 362 valence electrons. The standard InChI is InChI=1S/C52H101NO8/c1-3-5-7-9-11-13-15-17-18-19-20-21-22-23-24-25-26-27-28-30-31-33-35-37-39-41-46(55)45(44-60-52-51(59)50(58)49(57)47(43-54)61-52)53-48(56)42-40-38-36-34-32-29-16-14-12-10-8-6-4-2/h39,41,45-47,49-52,54-55,57-59H,3-38,40,42-44H2,1-2H3,(H,53,56)/b41-39+. The van der Waals surface area contributed by atoms with Crippen LogP contribution in [-0.4, -0.2) is 87.5 Å². The molecule has 6 N–H and O–H groups in total. The molecule has 1 fully saturated rings. The summed E-state index contributed by atoms with van der Waals surface area (Å²) in [6, 6.07) is -0.799. The van der Waals surface area contributed by atoms with Gasteiger partial charge in [-0.25, -0.2) is 0 Å². The highest BCUT2D eigenvalue weighted by Gasteiger charge is 2.44. The number of aliphatic hydroxyl groups is 5. The summed E-state index contributed by atoms with van der Waals surface area (Å²) >= 11 is 0. The summed E-state index contributed by atoms with van der Waals surface area (Å²) < 4.78 is 11.2. The maximum absolute atomic E-state index is 13.0. The van der Waals surface area contributed by atoms with Crippen molar-refractivity contribution in [2.45, 2.75) is 301 Å². The fourth-order valence-electron chi connectivity index (χ4n) is 8.63. The predicted molar refractivity (Wildman–Crippen MR) is 254 cm³/mol. The average molecular weight is 868 g/mol. The van der Waals surface area contributed by atoms with Gasteiger partial charge in [0.25, 0.3) is 0 Å². The molecule has 7 unspecified atom stereocenters. The molecule has 0 aromatic rings. The largest absolute Gasteiger partial charge is 0.394 e. The van der Waals surface area contributed by atoms with Crippen LogP contribution in [0.5, 0.6) is 0 Å². The highest BCUT2D eigenvalue weighted by atomic mass is 16.7. The lowest BCUT2D eigenvalue weighted by molar-refractivity contribution is -0.302. The van der Waals surface area contributed by atoms with E-state index >= 15 is 0 Å². The molecule has 1 saturated heterocycles. The van der Waals surface area contributed by atoms with Gasteiger partial charge in [0, 0.05) is 6.42 Å². The summed E-state index contributed by atoms with van der Waals surface area (Å²) in [7, 11) is 0. The van der Waals surface area contributed by atoms with E-state index < -0.39 is 49.5 Å². The molecule has 0 aliphatic carbocycles. The number of unbranched alkanes of at least 4 members (excludes halogenated alkanes) is 35. The molecule has 1 heterocycles. The van der Waals surface area contributed by atoms with Gasteiger partial charge in [-0.2, -0.15) is 0 Å². The molecule has 0 saturated carbocycles. The van der Waals surface area contributed by atoms with Gasteiger partial charge in [-0.3, -0.25) is 4.79 Å². The van der Waals surface area contributed by atoms with Crippen LogP contribution in [0, 0.1) is 0 Å². The fourth-order valence-corrected chi connectivity index (χ4v) is 8.63. The van der Waals surface area contributed by atoms with Gasteiger partial charge in [-0.05, 0) is 19.3 Å². The molecule has 0 spiro atoms. The molecular formula is C52H101NO8. The minimum absolute atomic E-state index is 0.173. The van der Waals surface area contributed by atoms with Crippen molar-refractivity contribution in [2.75, 3.05) is 13.2 Å². The smallest absolute Gasteiger partial charge is 0.220 e. The van der Waals surface area contributed by atoms with Gasteiger partial charge in [-0.15, -0.1) is 0 Å². The predicted octanol–water partition coefficient (Wildman–Crippen LogP) is 12.1. The van der Waals surface area contributed by atoms with E-state index in [1.807, 2.05) is 6.08 Å². The summed E-state index contributed by atoms with van der Waals surface area (Å²) in [5.74, 6) is -0.173. The molecule has 0 aromatic heterocycles. The first kappa shape index (κ1) is 57.9. The van der Waals surface area contributed by atoms with Gasteiger partial charge in [0.05, 0.1) is 25.4 Å². The summed E-state index contributed by atoms with van der Waals surface area (Å²) in [6.45, 7) is 3.80. The number of hydrogen-bond acceptors (Lipinski definition) is 8. The third-order valence-corrected chi connectivity index (χ3v) is 12.9. The Kier molecular flexibility index (Phi) is 40.7. The Hall–Kier alpha value is -1.07. The zero-order valence-corrected chi connectivity index (χ0v) is 39.9. The molecule has 1 aliphatic rings. The molecule has 9 nitrogen and oxygen atoms in total. The van der Waals surface area contributed by atoms with Crippen LogP contribution in [0.25, 0.3) is 0 Å². The summed E-state index contributed by atoms with van der Waals surface area (Å²) in [5.41, 5.74) is 0. The molecule has 0 aromatic carbocycles. The van der Waals surface area contributed by atoms with Gasteiger partial charge >= 0.3 is 0 Å². The molecule has 7 atom stereocenters. The minimum atomic E-state index is -1.56. The van der Waals surface area contributed by atoms with Crippen molar-refractivity contribution in [2.24, 2.45) is 0 Å². The molecular weight excluding hydrogens is 767 g/mol. The molecule has 61 heavy (non-hydrogen) atoms. The quantitative estimate of drug-likeness (QED) is 0.0262. The molecule has 0 bridgehead atoms. The summed E-state index contributed by atoms with van der Waals surface area (Å²) in [6.07, 6.45) is 44.1. The molecule has 9 heteroatoms. The van der Waals surface area contributed by atoms with Crippen LogP contribution in [0.2, 0.25) is 0 Å². The second-order valence-electron chi connectivity index (χ2n) is 18.7. The lowest BCUT2D eigenvalue weighted by Gasteiger charge is -2.40. The maximum Gasteiger partial charge on any atom is 0.220 e. The first-order valence-electron chi connectivity index (χ1n) is 26.4. The Morgan fingerprint density at radius 2 is 0.902 bits per heavy atom. The molecule has 1 rings (SSSR count). The van der Waals surface area contributed by atoms with E-state index in [-0.39, 0.29) is 12.5 Å². The second kappa shape index (κ2) is 42.9. The van der Waals surface area contributed by atoms with Crippen molar-refractivity contribution < 1.29 is 39.8 Å². The number of amides is 1. The van der Waals surface area contributed by atoms with Crippen LogP contribution in [0.4, 0.5) is 0 Å². The first-order valence-corrected chi connectivity index (χ1v) is 26.4. The number of rotatable bonds is 45. The van der Waals surface area contributed by atoms with Gasteiger partial charge in [-0.1, -0.05) is 244 Å². The van der Waals surface area contributed by atoms with Gasteiger partial charge in [0.1, 0.15) is 24.4 Å². The Bertz CT molecular complexity index is 966. The van der Waals surface area contributed by atoms with E-state index in [1.165, 1.54) is 199 Å². The van der Waals surface area contributed by atoms with E-state index in [4.69, 9.17) is 9.47 Å². The Morgan fingerprint density at radius 3 is 1.28 bits per heavy atom. The van der Waals surface area contributed by atoms with E-state index in [0.29, 0.717) is 6.42 Å². The van der Waals surface area contributed by atoms with Gasteiger partial charge < -0.3 is 40.3 Å². The van der Waals surface area contributed by atoms with Crippen molar-refractivity contribution in [1.82, 2.24) is 5.32 Å². The van der Waals surface area contributed by atoms with E-state index in [9.17, 15) is 30.3 Å². The van der Waals surface area contributed by atoms with Gasteiger partial charge in [0.2, 0.25) is 5.91 Å². The Morgan fingerprint density at radius 1 is 0.541 bits per heavy atom. The van der Waals surface area contributed by atoms with Crippen molar-refractivity contribution in [3.05, 3.63) is 12.2 Å². The topological polar surface area (TPSA) is 149 Å². The van der Waals surface area contributed by atoms with Crippen molar-refractivity contribution >= 4 is 5.91 Å². The van der Waals surface area contributed by atoms with E-state index in [2.05, 4.69) is 19.2 Å². The Labute approximate surface area is 376 Å². The maximum atomic E-state index is 13.0. The van der Waals surface area contributed by atoms with Crippen LogP contribution >= 0.6 is 0 Å². The minimum Gasteiger partial charge on any atom is -0.394 e. The first-order chi connectivity index (χ1) is 29.8. The highest BCUT2D eigenvalue weighted by Crippen LogP contribution is 2.23. The fraction of sp³-hybridized carbons (Fsp3) is 0.942. The van der Waals surface area contributed by atoms with Crippen LogP contribution in [0.1, 0.15) is 258 Å². The van der Waals surface area contributed by atoms with E-state index in [1.54, 1.807) is 6.08 Å². The monoisotopic (exact) mass is 868 g/mol. The average Bonchev–Trinajstić information content (AvgIpc) is 3.26. The number of hydrogen-bond donors (Lipinski definition) is 6. The lowest BCUT2D eigenvalue weighted by atomic mass is 9.99. The Balaban J connectivity index is 2.23. The zero-order valence-electron chi connectivity index (χ0n) is 39.9. The van der Waals surface area contributed by atoms with Crippen LogP contribution in [0.15, 0.2) is 12.2 Å². The van der Waals surface area contributed by atoms with Crippen LogP contribution in [-0.2, 0) is 14.3 Å². The van der Waals surface area contributed by atoms with Gasteiger partial charge in [0.15, 0.2) is 6.29 Å². The van der Waals surface area contributed by atoms with Crippen LogP contribution in [0.3, 0.4) is 0 Å². The summed E-state index contributed by atoms with van der Waals surface area (Å²) in [5, 5.41) is 54.3. The number of carbonyl (C=O) groups is 1. The number of ether oxygens (including phenoxy) is 2. The van der Waals surface area contributed by atoms with Crippen molar-refractivity contribution in [3.63, 3.8) is 0 Å². The molecule has 1 amide bonds. The second-order valence-corrected chi connectivity index (χ2v) is 18.7. The number of nitrogens with one attached hydrogen (secondary N) is 1. The van der Waals surface area contributed by atoms with E-state index in [0.717, 1.165) is 38.5 Å². The zero-order chi connectivity index (χ0) is 44.4. The molecule has 1 aliphatic heterocycles. The molecule has 0 radical (unpaired) electrons. The number of aliphatic hydroxyl groups excluding tert-OH is 5. The SMILES string of the molecule is CCCCCCCCCCCCCCCCCCCCCCCCC/C=C/C(O)C(COC1OC(CO)C(O)C(O)C1O)NC(=O)CCCCCCCCCCCCCCC.